The van der Waals surface area contributed by atoms with Crippen LogP contribution in [0.2, 0.25) is 5.02 Å². The molecule has 0 unspecified atom stereocenters. The number of ketones is 1. The molecule has 0 N–H and O–H groups in total. The number of benzene rings is 1. The van der Waals surface area contributed by atoms with Crippen LogP contribution in [0.3, 0.4) is 0 Å². The van der Waals surface area contributed by atoms with Crippen molar-refractivity contribution in [2.45, 2.75) is 13.3 Å². The Kier molecular flexibility index (Phi) is 5.48. The summed E-state index contributed by atoms with van der Waals surface area (Å²) < 4.78 is 30.6. The Hall–Kier alpha value is -2.45. The van der Waals surface area contributed by atoms with Crippen molar-refractivity contribution in [3.8, 4) is 0 Å². The third-order valence-corrected chi connectivity index (χ3v) is 6.24. The average molecular weight is 409 g/mol. The number of carbonyl (C=O) groups is 2. The second-order valence-electron chi connectivity index (χ2n) is 5.92. The fourth-order valence-electron chi connectivity index (χ4n) is 2.79. The van der Waals surface area contributed by atoms with Gasteiger partial charge in [-0.2, -0.15) is 0 Å². The lowest BCUT2D eigenvalue weighted by atomic mass is 10.1. The van der Waals surface area contributed by atoms with Gasteiger partial charge in [-0.15, -0.1) is 0 Å². The number of Topliss-reactive ketones (excluding diaryl/α,β-unsaturated/α-hetero) is 1. The predicted octanol–water partition coefficient (Wildman–Crippen LogP) is 2.49. The van der Waals surface area contributed by atoms with Gasteiger partial charge in [-0.25, -0.2) is 18.2 Å². The normalized spacial score (nSPS) is 13.3. The molecular weight excluding hydrogens is 392 g/mol. The molecule has 1 aliphatic heterocycles. The Morgan fingerprint density at radius 2 is 2.04 bits per heavy atom. The summed E-state index contributed by atoms with van der Waals surface area (Å²) in [4.78, 5) is 28.1. The average Bonchev–Trinajstić information content (AvgIpc) is 3.09. The summed E-state index contributed by atoms with van der Waals surface area (Å²) in [5.41, 5.74) is 1.75. The van der Waals surface area contributed by atoms with E-state index in [2.05, 4.69) is 4.98 Å². The maximum absolute atomic E-state index is 12.3. The molecule has 9 heteroatoms. The predicted molar refractivity (Wildman–Crippen MR) is 101 cm³/mol. The maximum atomic E-state index is 12.3. The van der Waals surface area contributed by atoms with E-state index in [0.717, 1.165) is 5.56 Å². The van der Waals surface area contributed by atoms with E-state index in [1.165, 1.54) is 28.7 Å². The van der Waals surface area contributed by atoms with Crippen molar-refractivity contribution in [1.29, 1.82) is 0 Å². The number of esters is 1. The molecule has 1 aromatic carbocycles. The number of rotatable bonds is 6. The minimum atomic E-state index is -3.34. The number of sulfonamides is 1. The molecule has 2 heterocycles. The van der Waals surface area contributed by atoms with Crippen molar-refractivity contribution in [1.82, 2.24) is 4.98 Å². The summed E-state index contributed by atoms with van der Waals surface area (Å²) in [6.07, 6.45) is 1.90. The number of halogens is 1. The lowest BCUT2D eigenvalue weighted by molar-refractivity contribution is 0.0469. The number of aromatic nitrogens is 1. The van der Waals surface area contributed by atoms with E-state index in [1.54, 1.807) is 19.1 Å². The third kappa shape index (κ3) is 4.12. The fraction of sp³-hybridized carbons (Fsp3) is 0.278. The zero-order valence-corrected chi connectivity index (χ0v) is 16.1. The molecule has 7 nitrogen and oxygen atoms in total. The second-order valence-corrected chi connectivity index (χ2v) is 8.54. The van der Waals surface area contributed by atoms with Gasteiger partial charge < -0.3 is 4.74 Å². The number of hydrogen-bond acceptors (Lipinski definition) is 6. The van der Waals surface area contributed by atoms with Gasteiger partial charge in [-0.3, -0.25) is 9.10 Å². The molecule has 0 radical (unpaired) electrons. The molecule has 1 aliphatic rings. The summed E-state index contributed by atoms with van der Waals surface area (Å²) in [6.45, 7) is 1.51. The van der Waals surface area contributed by atoms with Gasteiger partial charge in [0.2, 0.25) is 10.0 Å². The van der Waals surface area contributed by atoms with Gasteiger partial charge in [-0.05, 0) is 49.2 Å². The quantitative estimate of drug-likeness (QED) is 0.538. The van der Waals surface area contributed by atoms with Gasteiger partial charge in [0.25, 0.3) is 0 Å². The molecule has 142 valence electrons. The van der Waals surface area contributed by atoms with Crippen LogP contribution in [0.5, 0.6) is 0 Å². The van der Waals surface area contributed by atoms with Crippen molar-refractivity contribution in [3.05, 3.63) is 58.4 Å². The minimum absolute atomic E-state index is 0.0145. The Balaban J connectivity index is 1.69. The highest BCUT2D eigenvalue weighted by molar-refractivity contribution is 7.92. The Bertz CT molecular complexity index is 1010. The van der Waals surface area contributed by atoms with Crippen molar-refractivity contribution in [2.24, 2.45) is 0 Å². The zero-order valence-electron chi connectivity index (χ0n) is 14.5. The van der Waals surface area contributed by atoms with Crippen LogP contribution in [-0.2, 0) is 21.2 Å². The smallest absolute Gasteiger partial charge is 0.357 e. The van der Waals surface area contributed by atoms with E-state index in [4.69, 9.17) is 16.3 Å². The van der Waals surface area contributed by atoms with Gasteiger partial charge >= 0.3 is 5.97 Å². The number of nitrogens with zero attached hydrogens (tertiary/aromatic N) is 2. The zero-order chi connectivity index (χ0) is 19.6. The standard InChI is InChI=1S/C18H17ClN2O5S/c1-2-27(24,25)21-8-6-12-9-13(3-4-16(12)21)17(22)11-26-18(23)15-10-14(19)5-7-20-15/h3-5,7,9-10H,2,6,8,11H2,1H3. The van der Waals surface area contributed by atoms with Crippen LogP contribution in [0.25, 0.3) is 0 Å². The Morgan fingerprint density at radius 3 is 2.74 bits per heavy atom. The first-order chi connectivity index (χ1) is 12.8. The Morgan fingerprint density at radius 1 is 1.26 bits per heavy atom. The summed E-state index contributed by atoms with van der Waals surface area (Å²) >= 11 is 5.79. The molecule has 0 saturated carbocycles. The molecule has 3 rings (SSSR count). The monoisotopic (exact) mass is 408 g/mol. The van der Waals surface area contributed by atoms with E-state index in [1.807, 2.05) is 0 Å². The number of carbonyl (C=O) groups excluding carboxylic acids is 2. The summed E-state index contributed by atoms with van der Waals surface area (Å²) in [7, 11) is -3.34. The lowest BCUT2D eigenvalue weighted by Crippen LogP contribution is -2.30. The second kappa shape index (κ2) is 7.66. The van der Waals surface area contributed by atoms with Crippen molar-refractivity contribution in [3.63, 3.8) is 0 Å². The molecule has 2 aromatic rings. The van der Waals surface area contributed by atoms with Gasteiger partial charge in [-0.1, -0.05) is 11.6 Å². The van der Waals surface area contributed by atoms with E-state index in [9.17, 15) is 18.0 Å². The number of ether oxygens (including phenoxy) is 1. The number of anilines is 1. The third-order valence-electron chi connectivity index (χ3n) is 4.22. The molecule has 0 saturated heterocycles. The molecule has 0 atom stereocenters. The summed E-state index contributed by atoms with van der Waals surface area (Å²) in [5.74, 6) is -1.11. The molecule has 1 aromatic heterocycles. The maximum Gasteiger partial charge on any atom is 0.357 e. The van der Waals surface area contributed by atoms with Crippen LogP contribution in [-0.4, -0.2) is 44.1 Å². The van der Waals surface area contributed by atoms with E-state index < -0.39 is 22.6 Å². The van der Waals surface area contributed by atoms with Crippen molar-refractivity contribution >= 4 is 39.1 Å². The van der Waals surface area contributed by atoms with Crippen LogP contribution < -0.4 is 4.31 Å². The van der Waals surface area contributed by atoms with Crippen molar-refractivity contribution in [2.75, 3.05) is 23.2 Å². The summed E-state index contributed by atoms with van der Waals surface area (Å²) in [5, 5.41) is 0.341. The topological polar surface area (TPSA) is 93.6 Å². The number of hydrogen-bond donors (Lipinski definition) is 0. The first kappa shape index (κ1) is 19.3. The van der Waals surface area contributed by atoms with E-state index in [0.29, 0.717) is 29.2 Å². The number of pyridine rings is 1. The Labute approximate surface area is 162 Å². The van der Waals surface area contributed by atoms with E-state index in [-0.39, 0.29) is 17.2 Å². The molecule has 0 fully saturated rings. The molecule has 0 amide bonds. The van der Waals surface area contributed by atoms with Crippen LogP contribution in [0.15, 0.2) is 36.5 Å². The first-order valence-electron chi connectivity index (χ1n) is 8.27. The molecule has 27 heavy (non-hydrogen) atoms. The van der Waals surface area contributed by atoms with Crippen LogP contribution in [0.4, 0.5) is 5.69 Å². The summed E-state index contributed by atoms with van der Waals surface area (Å²) in [6, 6.07) is 7.68. The van der Waals surface area contributed by atoms with Gasteiger partial charge in [0.15, 0.2) is 12.4 Å². The van der Waals surface area contributed by atoms with Crippen LogP contribution in [0.1, 0.15) is 33.3 Å². The van der Waals surface area contributed by atoms with Crippen LogP contribution >= 0.6 is 11.6 Å². The SMILES string of the molecule is CCS(=O)(=O)N1CCc2cc(C(=O)COC(=O)c3cc(Cl)ccn3)ccc21. The highest BCUT2D eigenvalue weighted by atomic mass is 35.5. The first-order valence-corrected chi connectivity index (χ1v) is 10.3. The molecule has 0 aliphatic carbocycles. The highest BCUT2D eigenvalue weighted by Gasteiger charge is 2.28. The van der Waals surface area contributed by atoms with Gasteiger partial charge in [0.1, 0.15) is 5.69 Å². The molecular formula is C18H17ClN2O5S. The van der Waals surface area contributed by atoms with E-state index >= 15 is 0 Å². The van der Waals surface area contributed by atoms with Gasteiger partial charge in [0.05, 0.1) is 11.4 Å². The lowest BCUT2D eigenvalue weighted by Gasteiger charge is -2.18. The highest BCUT2D eigenvalue weighted by Crippen LogP contribution is 2.31. The van der Waals surface area contributed by atoms with Crippen LogP contribution in [0, 0.1) is 0 Å². The van der Waals surface area contributed by atoms with Crippen molar-refractivity contribution < 1.29 is 22.7 Å². The fourth-order valence-corrected chi connectivity index (χ4v) is 4.11. The van der Waals surface area contributed by atoms with Gasteiger partial charge in [0, 0.05) is 23.3 Å². The largest absolute Gasteiger partial charge is 0.453 e. The number of fused-ring (bicyclic) bond motifs is 1. The molecule has 0 spiro atoms. The molecule has 0 bridgehead atoms. The minimum Gasteiger partial charge on any atom is -0.453 e.